The second-order valence-corrected chi connectivity index (χ2v) is 9.72. The van der Waals surface area contributed by atoms with Crippen molar-refractivity contribution in [1.29, 1.82) is 0 Å². The Balaban J connectivity index is 1.47. The molecule has 2 fully saturated rings. The van der Waals surface area contributed by atoms with Gasteiger partial charge in [0, 0.05) is 18.8 Å². The van der Waals surface area contributed by atoms with Gasteiger partial charge in [-0.15, -0.1) is 11.3 Å². The molecule has 2 aromatic rings. The lowest BCUT2D eigenvalue weighted by atomic mass is 10.2. The van der Waals surface area contributed by atoms with Crippen LogP contribution in [0.15, 0.2) is 30.3 Å². The summed E-state index contributed by atoms with van der Waals surface area (Å²) in [5, 5.41) is 5.37. The second kappa shape index (κ2) is 11.0. The van der Waals surface area contributed by atoms with Gasteiger partial charge in [0.15, 0.2) is 0 Å². The Morgan fingerprint density at radius 1 is 1.20 bits per heavy atom. The summed E-state index contributed by atoms with van der Waals surface area (Å²) in [6.45, 7) is 3.69. The monoisotopic (exact) mass is 520 g/mol. The van der Waals surface area contributed by atoms with E-state index in [0.29, 0.717) is 20.6 Å². The SMILES string of the molecule is CCOC(=O)C(=O)Nc1cc(N2CC(CNC(=O)c3ccc(Cl)s3)OC2=O)ccc1N1CCCC1. The minimum atomic E-state index is -0.978. The first-order valence-corrected chi connectivity index (χ1v) is 12.4. The molecule has 0 bridgehead atoms. The molecule has 10 nitrogen and oxygen atoms in total. The molecule has 186 valence electrons. The van der Waals surface area contributed by atoms with Crippen molar-refractivity contribution in [2.24, 2.45) is 0 Å². The molecular weight excluding hydrogens is 496 g/mol. The molecule has 0 radical (unpaired) electrons. The number of nitrogens with zero attached hydrogens (tertiary/aromatic N) is 2. The maximum atomic E-state index is 12.6. The molecule has 4 rings (SSSR count). The van der Waals surface area contributed by atoms with Crippen molar-refractivity contribution in [1.82, 2.24) is 5.32 Å². The number of carbonyl (C=O) groups is 4. The van der Waals surface area contributed by atoms with E-state index in [4.69, 9.17) is 21.1 Å². The van der Waals surface area contributed by atoms with Crippen molar-refractivity contribution in [3.8, 4) is 0 Å². The Hall–Kier alpha value is -3.31. The van der Waals surface area contributed by atoms with Gasteiger partial charge in [-0.3, -0.25) is 14.5 Å². The first kappa shape index (κ1) is 24.8. The predicted octanol–water partition coefficient (Wildman–Crippen LogP) is 3.26. The fraction of sp³-hybridized carbons (Fsp3) is 0.391. The number of hydrogen-bond acceptors (Lipinski definition) is 8. The van der Waals surface area contributed by atoms with Crippen molar-refractivity contribution in [3.63, 3.8) is 0 Å². The summed E-state index contributed by atoms with van der Waals surface area (Å²) in [5.74, 6) is -2.16. The zero-order valence-corrected chi connectivity index (χ0v) is 20.6. The molecule has 0 aliphatic carbocycles. The molecule has 2 aliphatic heterocycles. The minimum Gasteiger partial charge on any atom is -0.459 e. The van der Waals surface area contributed by atoms with Crippen LogP contribution in [0.5, 0.6) is 0 Å². The highest BCUT2D eigenvalue weighted by Gasteiger charge is 2.33. The van der Waals surface area contributed by atoms with Crippen molar-refractivity contribution in [2.45, 2.75) is 25.9 Å². The third-order valence-corrected chi connectivity index (χ3v) is 6.84. The molecule has 2 N–H and O–H groups in total. The number of esters is 1. The van der Waals surface area contributed by atoms with Gasteiger partial charge in [-0.25, -0.2) is 9.59 Å². The van der Waals surface area contributed by atoms with Crippen LogP contribution in [0.1, 0.15) is 29.4 Å². The molecule has 1 unspecified atom stereocenters. The van der Waals surface area contributed by atoms with E-state index in [1.807, 2.05) is 6.07 Å². The van der Waals surface area contributed by atoms with Crippen LogP contribution in [0.25, 0.3) is 0 Å². The molecule has 12 heteroatoms. The number of ether oxygens (including phenoxy) is 2. The van der Waals surface area contributed by atoms with Gasteiger partial charge < -0.3 is 25.0 Å². The van der Waals surface area contributed by atoms with Gasteiger partial charge in [-0.05, 0) is 50.1 Å². The van der Waals surface area contributed by atoms with Crippen molar-refractivity contribution in [2.75, 3.05) is 47.9 Å². The lowest BCUT2D eigenvalue weighted by Crippen LogP contribution is -2.34. The fourth-order valence-electron chi connectivity index (χ4n) is 3.96. The molecule has 3 heterocycles. The van der Waals surface area contributed by atoms with E-state index in [0.717, 1.165) is 43.0 Å². The average Bonchev–Trinajstić information content (AvgIpc) is 3.59. The number of halogens is 1. The number of thiophene rings is 1. The van der Waals surface area contributed by atoms with Crippen molar-refractivity contribution in [3.05, 3.63) is 39.5 Å². The normalized spacial score (nSPS) is 17.3. The van der Waals surface area contributed by atoms with E-state index in [9.17, 15) is 19.2 Å². The summed E-state index contributed by atoms with van der Waals surface area (Å²) in [4.78, 5) is 53.0. The Bertz CT molecular complexity index is 1130. The lowest BCUT2D eigenvalue weighted by Gasteiger charge is -2.23. The van der Waals surface area contributed by atoms with E-state index in [1.54, 1.807) is 31.2 Å². The van der Waals surface area contributed by atoms with Crippen LogP contribution in [-0.4, -0.2) is 62.8 Å². The van der Waals surface area contributed by atoms with Gasteiger partial charge in [0.2, 0.25) is 0 Å². The van der Waals surface area contributed by atoms with Gasteiger partial charge >= 0.3 is 18.0 Å². The highest BCUT2D eigenvalue weighted by Crippen LogP contribution is 2.34. The molecule has 1 aromatic carbocycles. The van der Waals surface area contributed by atoms with E-state index in [2.05, 4.69) is 15.5 Å². The molecule has 1 aromatic heterocycles. The molecule has 2 aliphatic rings. The van der Waals surface area contributed by atoms with Crippen LogP contribution < -0.4 is 20.4 Å². The summed E-state index contributed by atoms with van der Waals surface area (Å²) in [7, 11) is 0. The molecule has 1 atom stereocenters. The number of nitrogens with one attached hydrogen (secondary N) is 2. The number of cyclic esters (lactones) is 1. The van der Waals surface area contributed by atoms with Crippen molar-refractivity contribution >= 4 is 63.9 Å². The van der Waals surface area contributed by atoms with Gasteiger partial charge in [0.1, 0.15) is 6.10 Å². The van der Waals surface area contributed by atoms with E-state index in [1.165, 1.54) is 4.90 Å². The number of anilines is 3. The maximum absolute atomic E-state index is 12.6. The highest BCUT2D eigenvalue weighted by molar-refractivity contribution is 7.18. The number of carbonyl (C=O) groups excluding carboxylic acids is 4. The van der Waals surface area contributed by atoms with Crippen LogP contribution in [0.2, 0.25) is 4.34 Å². The molecule has 3 amide bonds. The summed E-state index contributed by atoms with van der Waals surface area (Å²) < 4.78 is 10.7. The number of hydrogen-bond donors (Lipinski definition) is 2. The van der Waals surface area contributed by atoms with Gasteiger partial charge in [-0.2, -0.15) is 0 Å². The predicted molar refractivity (Wildman–Crippen MR) is 132 cm³/mol. The molecule has 35 heavy (non-hydrogen) atoms. The Morgan fingerprint density at radius 2 is 1.97 bits per heavy atom. The van der Waals surface area contributed by atoms with Crippen LogP contribution in [-0.2, 0) is 19.1 Å². The van der Waals surface area contributed by atoms with Gasteiger partial charge in [-0.1, -0.05) is 11.6 Å². The second-order valence-electron chi connectivity index (χ2n) is 8.00. The summed E-state index contributed by atoms with van der Waals surface area (Å²) in [6.07, 6.45) is 0.922. The smallest absolute Gasteiger partial charge is 0.414 e. The highest BCUT2D eigenvalue weighted by atomic mass is 35.5. The lowest BCUT2D eigenvalue weighted by molar-refractivity contribution is -0.152. The van der Waals surface area contributed by atoms with Crippen LogP contribution in [0, 0.1) is 0 Å². The Labute approximate surface area is 211 Å². The number of rotatable bonds is 7. The molecule has 2 saturated heterocycles. The topological polar surface area (TPSA) is 117 Å². The van der Waals surface area contributed by atoms with Crippen LogP contribution >= 0.6 is 22.9 Å². The average molecular weight is 521 g/mol. The first-order chi connectivity index (χ1) is 16.9. The fourth-order valence-corrected chi connectivity index (χ4v) is 4.92. The standard InChI is InChI=1S/C23H25ClN4O6S/c1-2-33-22(31)21(30)26-16-11-14(5-6-17(16)27-9-3-4-10-27)28-13-15(34-23(28)32)12-25-20(29)18-7-8-19(24)35-18/h5-8,11,15H,2-4,9-10,12-13H2,1H3,(H,25,29)(H,26,30). The summed E-state index contributed by atoms with van der Waals surface area (Å²) >= 11 is 7.04. The number of amides is 3. The third-order valence-electron chi connectivity index (χ3n) is 5.61. The Morgan fingerprint density at radius 3 is 2.66 bits per heavy atom. The van der Waals surface area contributed by atoms with E-state index in [-0.39, 0.29) is 25.6 Å². The minimum absolute atomic E-state index is 0.0857. The van der Waals surface area contributed by atoms with Crippen LogP contribution in [0.4, 0.5) is 21.9 Å². The molecular formula is C23H25ClN4O6S. The Kier molecular flexibility index (Phi) is 7.76. The molecule has 0 spiro atoms. The molecule has 0 saturated carbocycles. The van der Waals surface area contributed by atoms with Gasteiger partial charge in [0.25, 0.3) is 5.91 Å². The quantitative estimate of drug-likeness (QED) is 0.425. The first-order valence-electron chi connectivity index (χ1n) is 11.2. The zero-order valence-electron chi connectivity index (χ0n) is 19.0. The van der Waals surface area contributed by atoms with Crippen molar-refractivity contribution < 1.29 is 28.7 Å². The summed E-state index contributed by atoms with van der Waals surface area (Å²) in [5.41, 5.74) is 1.66. The maximum Gasteiger partial charge on any atom is 0.414 e. The summed E-state index contributed by atoms with van der Waals surface area (Å²) in [6, 6.07) is 8.49. The number of benzene rings is 1. The van der Waals surface area contributed by atoms with E-state index < -0.39 is 24.1 Å². The van der Waals surface area contributed by atoms with Gasteiger partial charge in [0.05, 0.1) is 40.3 Å². The third kappa shape index (κ3) is 5.85. The largest absolute Gasteiger partial charge is 0.459 e. The zero-order chi connectivity index (χ0) is 24.9. The van der Waals surface area contributed by atoms with Crippen LogP contribution in [0.3, 0.4) is 0 Å². The van der Waals surface area contributed by atoms with E-state index >= 15 is 0 Å².